The van der Waals surface area contributed by atoms with Crippen LogP contribution in [0.25, 0.3) is 10.9 Å². The number of hydrogen-bond acceptors (Lipinski definition) is 2. The Labute approximate surface area is 113 Å². The molecule has 1 heterocycles. The van der Waals surface area contributed by atoms with Crippen molar-refractivity contribution in [3.8, 4) is 0 Å². The summed E-state index contributed by atoms with van der Waals surface area (Å²) in [7, 11) is 3.86. The summed E-state index contributed by atoms with van der Waals surface area (Å²) in [6.45, 7) is 1.92. The fourth-order valence-corrected chi connectivity index (χ4v) is 2.73. The lowest BCUT2D eigenvalue weighted by Gasteiger charge is -2.29. The first kappa shape index (κ1) is 13.6. The number of fused-ring (bicyclic) bond motifs is 1. The molecule has 4 nitrogen and oxygen atoms in total. The average molecular weight is 260 g/mol. The fourth-order valence-electron chi connectivity index (χ4n) is 2.73. The van der Waals surface area contributed by atoms with E-state index in [2.05, 4.69) is 4.98 Å². The molecular weight excluding hydrogens is 240 g/mol. The zero-order valence-electron chi connectivity index (χ0n) is 11.6. The Balaban J connectivity index is 2.53. The van der Waals surface area contributed by atoms with Crippen molar-refractivity contribution >= 4 is 16.9 Å². The number of nitrogens with zero attached hydrogens (tertiary/aromatic N) is 1. The molecular formula is C15H20N2O2. The summed E-state index contributed by atoms with van der Waals surface area (Å²) in [5, 5.41) is 10.5. The largest absolute Gasteiger partial charge is 0.481 e. The monoisotopic (exact) mass is 260 g/mol. The van der Waals surface area contributed by atoms with Gasteiger partial charge in [-0.25, -0.2) is 0 Å². The lowest BCUT2D eigenvalue weighted by atomic mass is 9.90. The van der Waals surface area contributed by atoms with E-state index in [1.807, 2.05) is 56.4 Å². The molecule has 0 amide bonds. The highest BCUT2D eigenvalue weighted by molar-refractivity contribution is 5.84. The van der Waals surface area contributed by atoms with Crippen LogP contribution in [0.2, 0.25) is 0 Å². The summed E-state index contributed by atoms with van der Waals surface area (Å²) in [6.07, 6.45) is 2.54. The summed E-state index contributed by atoms with van der Waals surface area (Å²) < 4.78 is 0. The van der Waals surface area contributed by atoms with Crippen molar-refractivity contribution in [3.05, 3.63) is 36.0 Å². The van der Waals surface area contributed by atoms with E-state index < -0.39 is 11.9 Å². The fraction of sp³-hybridized carbons (Fsp3) is 0.400. The maximum absolute atomic E-state index is 11.5. The maximum Gasteiger partial charge on any atom is 0.308 e. The Bertz CT molecular complexity index is 574. The molecule has 2 aromatic rings. The Hall–Kier alpha value is -1.81. The number of benzene rings is 1. The van der Waals surface area contributed by atoms with Crippen LogP contribution in [-0.4, -0.2) is 35.1 Å². The van der Waals surface area contributed by atoms with Gasteiger partial charge in [-0.1, -0.05) is 25.1 Å². The summed E-state index contributed by atoms with van der Waals surface area (Å²) >= 11 is 0. The molecule has 4 heteroatoms. The minimum atomic E-state index is -0.744. The van der Waals surface area contributed by atoms with Gasteiger partial charge in [0.2, 0.25) is 0 Å². The molecule has 0 fully saturated rings. The molecule has 102 valence electrons. The molecule has 0 radical (unpaired) electrons. The first-order valence-corrected chi connectivity index (χ1v) is 6.51. The zero-order valence-corrected chi connectivity index (χ0v) is 11.6. The number of aromatic amines is 1. The number of para-hydroxylation sites is 1. The third-order valence-electron chi connectivity index (χ3n) is 3.63. The lowest BCUT2D eigenvalue weighted by Crippen LogP contribution is -2.31. The van der Waals surface area contributed by atoms with Crippen molar-refractivity contribution < 1.29 is 9.90 Å². The normalized spacial score (nSPS) is 14.7. The quantitative estimate of drug-likeness (QED) is 0.869. The molecule has 0 saturated carbocycles. The van der Waals surface area contributed by atoms with E-state index in [0.717, 1.165) is 16.5 Å². The van der Waals surface area contributed by atoms with E-state index in [0.29, 0.717) is 6.42 Å². The summed E-state index contributed by atoms with van der Waals surface area (Å²) in [6, 6.07) is 7.87. The van der Waals surface area contributed by atoms with Crippen LogP contribution in [0, 0.1) is 5.92 Å². The molecule has 0 aliphatic heterocycles. The molecule has 0 bridgehead atoms. The van der Waals surface area contributed by atoms with Crippen LogP contribution in [-0.2, 0) is 4.79 Å². The molecule has 2 atom stereocenters. The highest BCUT2D eigenvalue weighted by Crippen LogP contribution is 2.34. The highest BCUT2D eigenvalue weighted by atomic mass is 16.4. The number of nitrogens with one attached hydrogen (secondary N) is 1. The Morgan fingerprint density at radius 1 is 1.37 bits per heavy atom. The van der Waals surface area contributed by atoms with E-state index >= 15 is 0 Å². The van der Waals surface area contributed by atoms with Gasteiger partial charge in [-0.2, -0.15) is 0 Å². The van der Waals surface area contributed by atoms with Crippen molar-refractivity contribution in [1.82, 2.24) is 9.88 Å². The second kappa shape index (κ2) is 5.45. The summed E-state index contributed by atoms with van der Waals surface area (Å²) in [4.78, 5) is 16.7. The van der Waals surface area contributed by atoms with E-state index in [9.17, 15) is 9.90 Å². The van der Waals surface area contributed by atoms with Crippen LogP contribution in [0.4, 0.5) is 0 Å². The number of aromatic nitrogens is 1. The number of carboxylic acid groups (broad SMARTS) is 1. The molecule has 2 N–H and O–H groups in total. The maximum atomic E-state index is 11.5. The van der Waals surface area contributed by atoms with Crippen molar-refractivity contribution in [2.45, 2.75) is 19.4 Å². The van der Waals surface area contributed by atoms with Gasteiger partial charge in [0, 0.05) is 23.1 Å². The van der Waals surface area contributed by atoms with Gasteiger partial charge in [-0.05, 0) is 32.1 Å². The zero-order chi connectivity index (χ0) is 14.0. The SMILES string of the molecule is CCC(C(=O)O)C(c1c[nH]c2ccccc12)N(C)C. The van der Waals surface area contributed by atoms with Crippen LogP contribution in [0.5, 0.6) is 0 Å². The molecule has 0 aliphatic carbocycles. The van der Waals surface area contributed by atoms with Crippen molar-refractivity contribution in [3.63, 3.8) is 0 Å². The highest BCUT2D eigenvalue weighted by Gasteiger charge is 2.31. The molecule has 1 aromatic heterocycles. The van der Waals surface area contributed by atoms with Crippen molar-refractivity contribution in [2.24, 2.45) is 5.92 Å². The molecule has 0 saturated heterocycles. The number of rotatable bonds is 5. The molecule has 2 unspecified atom stereocenters. The third-order valence-corrected chi connectivity index (χ3v) is 3.63. The molecule has 19 heavy (non-hydrogen) atoms. The van der Waals surface area contributed by atoms with E-state index in [-0.39, 0.29) is 6.04 Å². The average Bonchev–Trinajstić information content (AvgIpc) is 2.78. The van der Waals surface area contributed by atoms with Crippen LogP contribution in [0.3, 0.4) is 0 Å². The topological polar surface area (TPSA) is 56.3 Å². The lowest BCUT2D eigenvalue weighted by molar-refractivity contribution is -0.144. The molecule has 0 spiro atoms. The summed E-state index contributed by atoms with van der Waals surface area (Å²) in [5.74, 6) is -1.15. The minimum Gasteiger partial charge on any atom is -0.481 e. The minimum absolute atomic E-state index is 0.126. The van der Waals surface area contributed by atoms with Gasteiger partial charge in [0.15, 0.2) is 0 Å². The van der Waals surface area contributed by atoms with E-state index in [1.165, 1.54) is 0 Å². The second-order valence-electron chi connectivity index (χ2n) is 5.05. The van der Waals surface area contributed by atoms with Gasteiger partial charge < -0.3 is 15.0 Å². The van der Waals surface area contributed by atoms with Crippen LogP contribution in [0.15, 0.2) is 30.5 Å². The van der Waals surface area contributed by atoms with Gasteiger partial charge in [0.1, 0.15) is 0 Å². The van der Waals surface area contributed by atoms with Crippen LogP contribution in [0.1, 0.15) is 24.9 Å². The van der Waals surface area contributed by atoms with Crippen molar-refractivity contribution in [1.29, 1.82) is 0 Å². The molecule has 1 aromatic carbocycles. The number of aliphatic carboxylic acids is 1. The predicted octanol–water partition coefficient (Wildman–Crippen LogP) is 2.88. The number of carboxylic acids is 1. The molecule has 0 aliphatic rings. The smallest absolute Gasteiger partial charge is 0.308 e. The first-order valence-electron chi connectivity index (χ1n) is 6.51. The number of carbonyl (C=O) groups is 1. The molecule has 2 rings (SSSR count). The number of hydrogen-bond donors (Lipinski definition) is 2. The van der Waals surface area contributed by atoms with Gasteiger partial charge >= 0.3 is 5.97 Å². The van der Waals surface area contributed by atoms with Gasteiger partial charge in [0.05, 0.1) is 5.92 Å². The second-order valence-corrected chi connectivity index (χ2v) is 5.05. The van der Waals surface area contributed by atoms with E-state index in [4.69, 9.17) is 0 Å². The predicted molar refractivity (Wildman–Crippen MR) is 76.1 cm³/mol. The Kier molecular flexibility index (Phi) is 3.90. The Morgan fingerprint density at radius 2 is 2.05 bits per heavy atom. The van der Waals surface area contributed by atoms with Gasteiger partial charge in [-0.15, -0.1) is 0 Å². The Morgan fingerprint density at radius 3 is 2.63 bits per heavy atom. The van der Waals surface area contributed by atoms with Crippen molar-refractivity contribution in [2.75, 3.05) is 14.1 Å². The van der Waals surface area contributed by atoms with Crippen LogP contribution >= 0.6 is 0 Å². The standard InChI is InChI=1S/C15H20N2O2/c1-4-10(15(18)19)14(17(2)3)12-9-16-13-8-6-5-7-11(12)13/h5-10,14,16H,4H2,1-3H3,(H,18,19). The first-order chi connectivity index (χ1) is 9.06. The third kappa shape index (κ3) is 2.49. The van der Waals surface area contributed by atoms with Crippen LogP contribution < -0.4 is 0 Å². The number of H-pyrrole nitrogens is 1. The van der Waals surface area contributed by atoms with Gasteiger partial charge in [-0.3, -0.25) is 4.79 Å². The van der Waals surface area contributed by atoms with E-state index in [1.54, 1.807) is 0 Å². The van der Waals surface area contributed by atoms with Gasteiger partial charge in [0.25, 0.3) is 0 Å². The summed E-state index contributed by atoms with van der Waals surface area (Å²) in [5.41, 5.74) is 2.10.